The van der Waals surface area contributed by atoms with Crippen molar-refractivity contribution < 1.29 is 9.53 Å². The molecule has 0 aliphatic rings. The highest BCUT2D eigenvalue weighted by atomic mass is 16.5. The molecule has 188 valence electrons. The van der Waals surface area contributed by atoms with Gasteiger partial charge in [0.2, 0.25) is 5.91 Å². The quantitative estimate of drug-likeness (QED) is 0.308. The highest BCUT2D eigenvalue weighted by Gasteiger charge is 2.30. The van der Waals surface area contributed by atoms with Crippen LogP contribution in [0.4, 0.5) is 0 Å². The number of fused-ring (bicyclic) bond motifs is 1. The van der Waals surface area contributed by atoms with Gasteiger partial charge in [0.05, 0.1) is 22.6 Å². The molecule has 0 saturated carbocycles. The summed E-state index contributed by atoms with van der Waals surface area (Å²) >= 11 is 0. The van der Waals surface area contributed by atoms with Gasteiger partial charge in [-0.3, -0.25) is 14.2 Å². The zero-order chi connectivity index (χ0) is 25.4. The summed E-state index contributed by atoms with van der Waals surface area (Å²) < 4.78 is 6.96. The van der Waals surface area contributed by atoms with Crippen molar-refractivity contribution in [3.05, 3.63) is 70.3 Å². The van der Waals surface area contributed by atoms with Gasteiger partial charge in [-0.05, 0) is 57.4 Å². The number of hydrogen-bond acceptors (Lipinski definition) is 4. The summed E-state index contributed by atoms with van der Waals surface area (Å²) in [6.07, 6.45) is 4.46. The van der Waals surface area contributed by atoms with Crippen molar-refractivity contribution in [3.8, 4) is 5.69 Å². The first-order valence-corrected chi connectivity index (χ1v) is 12.8. The molecule has 6 heteroatoms. The second kappa shape index (κ2) is 12.6. The van der Waals surface area contributed by atoms with Crippen LogP contribution in [0.3, 0.4) is 0 Å². The fourth-order valence-electron chi connectivity index (χ4n) is 4.57. The Labute approximate surface area is 208 Å². The van der Waals surface area contributed by atoms with Crippen LogP contribution in [0.5, 0.6) is 0 Å². The summed E-state index contributed by atoms with van der Waals surface area (Å²) in [6, 6.07) is 14.9. The smallest absolute Gasteiger partial charge is 0.266 e. The van der Waals surface area contributed by atoms with Crippen molar-refractivity contribution in [1.29, 1.82) is 0 Å². The number of aromatic nitrogens is 2. The average Bonchev–Trinajstić information content (AvgIpc) is 2.87. The molecule has 0 N–H and O–H groups in total. The maximum atomic E-state index is 13.8. The molecule has 0 radical (unpaired) electrons. The van der Waals surface area contributed by atoms with E-state index >= 15 is 0 Å². The van der Waals surface area contributed by atoms with Crippen LogP contribution < -0.4 is 5.56 Å². The van der Waals surface area contributed by atoms with Crippen molar-refractivity contribution in [2.45, 2.75) is 65.8 Å². The van der Waals surface area contributed by atoms with Crippen molar-refractivity contribution in [3.63, 3.8) is 0 Å². The number of rotatable bonds is 12. The standard InChI is InChI=1S/C29H39N3O3/c1-6-8-12-23(7-2)28(33)31(19-11-20-35-5)22(4)27-30-26-14-10-9-13-25(26)29(34)32(27)24-17-15-21(3)16-18-24/h9-10,13-18,22-23H,6-8,11-12,19-20H2,1-5H3. The predicted molar refractivity (Wildman–Crippen MR) is 142 cm³/mol. The molecule has 6 nitrogen and oxygen atoms in total. The molecule has 35 heavy (non-hydrogen) atoms. The Morgan fingerprint density at radius 3 is 2.46 bits per heavy atom. The second-order valence-corrected chi connectivity index (χ2v) is 9.26. The minimum absolute atomic E-state index is 0.0417. The van der Waals surface area contributed by atoms with Gasteiger partial charge in [0, 0.05) is 26.2 Å². The first kappa shape index (κ1) is 26.6. The van der Waals surface area contributed by atoms with Crippen LogP contribution in [0.1, 0.15) is 70.3 Å². The van der Waals surface area contributed by atoms with Gasteiger partial charge >= 0.3 is 0 Å². The Morgan fingerprint density at radius 1 is 1.09 bits per heavy atom. The number of ether oxygens (including phenoxy) is 1. The first-order chi connectivity index (χ1) is 16.9. The highest BCUT2D eigenvalue weighted by molar-refractivity contribution is 5.80. The number of aryl methyl sites for hydroxylation is 1. The van der Waals surface area contributed by atoms with Crippen molar-refractivity contribution in [1.82, 2.24) is 14.5 Å². The maximum absolute atomic E-state index is 13.8. The van der Waals surface area contributed by atoms with E-state index in [-0.39, 0.29) is 23.4 Å². The summed E-state index contributed by atoms with van der Waals surface area (Å²) in [6.45, 7) is 9.35. The SMILES string of the molecule is CCCCC(CC)C(=O)N(CCCOC)C(C)c1nc2ccccc2c(=O)n1-c1ccc(C)cc1. The fourth-order valence-corrected chi connectivity index (χ4v) is 4.57. The van der Waals surface area contributed by atoms with Gasteiger partial charge < -0.3 is 9.64 Å². The number of para-hydroxylation sites is 1. The topological polar surface area (TPSA) is 64.4 Å². The van der Waals surface area contributed by atoms with Crippen molar-refractivity contribution in [2.75, 3.05) is 20.3 Å². The van der Waals surface area contributed by atoms with E-state index in [1.165, 1.54) is 0 Å². The van der Waals surface area contributed by atoms with Gasteiger partial charge in [-0.2, -0.15) is 0 Å². The van der Waals surface area contributed by atoms with E-state index in [9.17, 15) is 9.59 Å². The van der Waals surface area contributed by atoms with E-state index in [4.69, 9.17) is 9.72 Å². The average molecular weight is 478 g/mol. The predicted octanol–water partition coefficient (Wildman–Crippen LogP) is 5.84. The third-order valence-corrected chi connectivity index (χ3v) is 6.71. The molecule has 0 aliphatic heterocycles. The molecule has 3 rings (SSSR count). The van der Waals surface area contributed by atoms with Gasteiger partial charge in [0.25, 0.3) is 5.56 Å². The van der Waals surface area contributed by atoms with Crippen LogP contribution in [0, 0.1) is 12.8 Å². The number of benzene rings is 2. The van der Waals surface area contributed by atoms with Crippen LogP contribution in [0.15, 0.2) is 53.3 Å². The van der Waals surface area contributed by atoms with Gasteiger partial charge in [0.15, 0.2) is 0 Å². The minimum atomic E-state index is -0.381. The van der Waals surface area contributed by atoms with Gasteiger partial charge in [-0.1, -0.05) is 56.5 Å². The van der Waals surface area contributed by atoms with E-state index in [1.807, 2.05) is 67.3 Å². The summed E-state index contributed by atoms with van der Waals surface area (Å²) in [4.78, 5) is 34.4. The third-order valence-electron chi connectivity index (χ3n) is 6.71. The van der Waals surface area contributed by atoms with E-state index in [2.05, 4.69) is 13.8 Å². The van der Waals surface area contributed by atoms with Crippen molar-refractivity contribution >= 4 is 16.8 Å². The normalized spacial score (nSPS) is 13.1. The molecule has 0 spiro atoms. The lowest BCUT2D eigenvalue weighted by Crippen LogP contribution is -2.41. The molecule has 0 bridgehead atoms. The van der Waals surface area contributed by atoms with E-state index in [0.29, 0.717) is 29.9 Å². The molecule has 1 heterocycles. The fraction of sp³-hybridized carbons (Fsp3) is 0.483. The van der Waals surface area contributed by atoms with Gasteiger partial charge in [0.1, 0.15) is 5.82 Å². The molecule has 2 atom stereocenters. The van der Waals surface area contributed by atoms with E-state index in [1.54, 1.807) is 11.7 Å². The highest BCUT2D eigenvalue weighted by Crippen LogP contribution is 2.27. The zero-order valence-corrected chi connectivity index (χ0v) is 21.8. The summed E-state index contributed by atoms with van der Waals surface area (Å²) in [5.41, 5.74) is 2.39. The molecular weight excluding hydrogens is 438 g/mol. The number of amides is 1. The number of unbranched alkanes of at least 4 members (excludes halogenated alkanes) is 1. The molecular formula is C29H39N3O3. The zero-order valence-electron chi connectivity index (χ0n) is 21.8. The summed E-state index contributed by atoms with van der Waals surface area (Å²) in [5.74, 6) is 0.663. The van der Waals surface area contributed by atoms with Gasteiger partial charge in [-0.25, -0.2) is 4.98 Å². The number of carbonyl (C=O) groups is 1. The molecule has 1 aromatic heterocycles. The first-order valence-electron chi connectivity index (χ1n) is 12.8. The Hall–Kier alpha value is -2.99. The van der Waals surface area contributed by atoms with Gasteiger partial charge in [-0.15, -0.1) is 0 Å². The lowest BCUT2D eigenvalue weighted by atomic mass is 9.96. The minimum Gasteiger partial charge on any atom is -0.385 e. The van der Waals surface area contributed by atoms with Crippen molar-refractivity contribution in [2.24, 2.45) is 5.92 Å². The summed E-state index contributed by atoms with van der Waals surface area (Å²) in [7, 11) is 1.67. The molecule has 0 fully saturated rings. The Bertz CT molecular complexity index is 1170. The lowest BCUT2D eigenvalue weighted by molar-refractivity contribution is -0.138. The number of nitrogens with zero attached hydrogens (tertiary/aromatic N) is 3. The van der Waals surface area contributed by atoms with Crippen LogP contribution in [-0.2, 0) is 9.53 Å². The Balaban J connectivity index is 2.15. The van der Waals surface area contributed by atoms with Crippen LogP contribution in [0.2, 0.25) is 0 Å². The van der Waals surface area contributed by atoms with E-state index < -0.39 is 0 Å². The van der Waals surface area contributed by atoms with E-state index in [0.717, 1.165) is 43.4 Å². The Morgan fingerprint density at radius 2 is 1.80 bits per heavy atom. The van der Waals surface area contributed by atoms with Crippen LogP contribution >= 0.6 is 0 Å². The second-order valence-electron chi connectivity index (χ2n) is 9.26. The molecule has 1 amide bonds. The molecule has 2 unspecified atom stereocenters. The largest absolute Gasteiger partial charge is 0.385 e. The monoisotopic (exact) mass is 477 g/mol. The number of methoxy groups -OCH3 is 1. The number of carbonyl (C=O) groups excluding carboxylic acids is 1. The maximum Gasteiger partial charge on any atom is 0.266 e. The third kappa shape index (κ3) is 6.17. The number of hydrogen-bond donors (Lipinski definition) is 0. The van der Waals surface area contributed by atoms with Crippen LogP contribution in [0.25, 0.3) is 16.6 Å². The lowest BCUT2D eigenvalue weighted by Gasteiger charge is -2.33. The molecule has 0 aliphatic carbocycles. The van der Waals surface area contributed by atoms with Crippen LogP contribution in [-0.4, -0.2) is 40.6 Å². The molecule has 2 aromatic carbocycles. The Kier molecular flexibility index (Phi) is 9.61. The summed E-state index contributed by atoms with van der Waals surface area (Å²) in [5, 5.41) is 0.565. The molecule has 0 saturated heterocycles. The molecule has 3 aromatic rings.